The molecule has 0 unspecified atom stereocenters. The molecule has 29 heavy (non-hydrogen) atoms. The average molecular weight is 398 g/mol. The van der Waals surface area contributed by atoms with Crippen LogP contribution in [0.15, 0.2) is 36.4 Å². The van der Waals surface area contributed by atoms with Crippen molar-refractivity contribution in [1.29, 1.82) is 0 Å². The van der Waals surface area contributed by atoms with Crippen LogP contribution < -0.4 is 19.5 Å². The first-order chi connectivity index (χ1) is 14.1. The molecule has 1 amide bonds. The molecule has 5 nitrogen and oxygen atoms in total. The second-order valence-corrected chi connectivity index (χ2v) is 7.38. The summed E-state index contributed by atoms with van der Waals surface area (Å²) in [5.41, 5.74) is 3.85. The Morgan fingerprint density at radius 3 is 2.48 bits per heavy atom. The SMILES string of the molecule is CC[C@H](Oc1ccc2c(c1)CCCC2)C(=O)NCCc1ccc(OC)c(OC)c1. The largest absolute Gasteiger partial charge is 0.493 e. The Kier molecular flexibility index (Phi) is 7.39. The standard InChI is InChI=1S/C24H31NO4/c1-4-21(29-20-11-10-18-7-5-6-8-19(18)16-20)24(26)25-14-13-17-9-12-22(27-2)23(15-17)28-3/h9-12,15-16,21H,4-8,13-14H2,1-3H3,(H,25,26)/t21-/m0/s1. The van der Waals surface area contributed by atoms with E-state index < -0.39 is 6.10 Å². The molecule has 156 valence electrons. The number of rotatable bonds is 9. The lowest BCUT2D eigenvalue weighted by Crippen LogP contribution is -2.39. The Morgan fingerprint density at radius 2 is 1.76 bits per heavy atom. The van der Waals surface area contributed by atoms with Crippen LogP contribution in [-0.4, -0.2) is 32.8 Å². The van der Waals surface area contributed by atoms with Crippen LogP contribution in [0, 0.1) is 0 Å². The number of aryl methyl sites for hydroxylation is 2. The summed E-state index contributed by atoms with van der Waals surface area (Å²) in [6, 6.07) is 12.0. The van der Waals surface area contributed by atoms with Crippen molar-refractivity contribution in [2.75, 3.05) is 20.8 Å². The molecule has 1 N–H and O–H groups in total. The van der Waals surface area contributed by atoms with Crippen molar-refractivity contribution in [3.05, 3.63) is 53.1 Å². The van der Waals surface area contributed by atoms with E-state index >= 15 is 0 Å². The molecule has 0 bridgehead atoms. The molecule has 0 radical (unpaired) electrons. The van der Waals surface area contributed by atoms with Crippen LogP contribution in [0.5, 0.6) is 17.2 Å². The highest BCUT2D eigenvalue weighted by Crippen LogP contribution is 2.28. The van der Waals surface area contributed by atoms with Gasteiger partial charge in [-0.05, 0) is 79.5 Å². The smallest absolute Gasteiger partial charge is 0.261 e. The van der Waals surface area contributed by atoms with Gasteiger partial charge in [-0.2, -0.15) is 0 Å². The molecule has 2 aromatic rings. The van der Waals surface area contributed by atoms with Gasteiger partial charge in [0.05, 0.1) is 14.2 Å². The van der Waals surface area contributed by atoms with Gasteiger partial charge in [0.25, 0.3) is 5.91 Å². The van der Waals surface area contributed by atoms with E-state index in [1.54, 1.807) is 14.2 Å². The minimum Gasteiger partial charge on any atom is -0.493 e. The number of methoxy groups -OCH3 is 2. The Bertz CT molecular complexity index is 834. The van der Waals surface area contributed by atoms with Crippen LogP contribution in [0.2, 0.25) is 0 Å². The van der Waals surface area contributed by atoms with Gasteiger partial charge in [-0.15, -0.1) is 0 Å². The van der Waals surface area contributed by atoms with E-state index in [0.29, 0.717) is 30.9 Å². The van der Waals surface area contributed by atoms with Crippen LogP contribution in [0.4, 0.5) is 0 Å². The Morgan fingerprint density at radius 1 is 1.00 bits per heavy atom. The highest BCUT2D eigenvalue weighted by molar-refractivity contribution is 5.81. The molecule has 1 aliphatic rings. The van der Waals surface area contributed by atoms with Gasteiger partial charge in [-0.25, -0.2) is 0 Å². The molecule has 0 saturated heterocycles. The number of nitrogens with one attached hydrogen (secondary N) is 1. The lowest BCUT2D eigenvalue weighted by atomic mass is 9.92. The number of amides is 1. The Hall–Kier alpha value is -2.69. The molecule has 1 atom stereocenters. The second-order valence-electron chi connectivity index (χ2n) is 7.38. The van der Waals surface area contributed by atoms with Gasteiger partial charge in [0.15, 0.2) is 17.6 Å². The molecule has 0 saturated carbocycles. The molecule has 0 aromatic heterocycles. The highest BCUT2D eigenvalue weighted by Gasteiger charge is 2.19. The lowest BCUT2D eigenvalue weighted by Gasteiger charge is -2.20. The monoisotopic (exact) mass is 397 g/mol. The predicted octanol–water partition coefficient (Wildman–Crippen LogP) is 4.10. The molecule has 0 spiro atoms. The third-order valence-corrected chi connectivity index (χ3v) is 5.42. The van der Waals surface area contributed by atoms with E-state index in [2.05, 4.69) is 17.4 Å². The second kappa shape index (κ2) is 10.2. The molecule has 0 heterocycles. The van der Waals surface area contributed by atoms with Crippen LogP contribution in [0.25, 0.3) is 0 Å². The lowest BCUT2D eigenvalue weighted by molar-refractivity contribution is -0.128. The summed E-state index contributed by atoms with van der Waals surface area (Å²) in [5.74, 6) is 2.10. The molecule has 3 rings (SSSR count). The fourth-order valence-electron chi connectivity index (χ4n) is 3.75. The number of carbonyl (C=O) groups is 1. The maximum absolute atomic E-state index is 12.6. The van der Waals surface area contributed by atoms with Gasteiger partial charge in [-0.3, -0.25) is 4.79 Å². The summed E-state index contributed by atoms with van der Waals surface area (Å²) in [4.78, 5) is 12.6. The number of fused-ring (bicyclic) bond motifs is 1. The average Bonchev–Trinajstić information content (AvgIpc) is 2.77. The van der Waals surface area contributed by atoms with E-state index in [1.165, 1.54) is 24.0 Å². The van der Waals surface area contributed by atoms with Gasteiger partial charge in [-0.1, -0.05) is 19.1 Å². The third-order valence-electron chi connectivity index (χ3n) is 5.42. The molecule has 5 heteroatoms. The minimum atomic E-state index is -0.484. The van der Waals surface area contributed by atoms with E-state index in [1.807, 2.05) is 31.2 Å². The van der Waals surface area contributed by atoms with E-state index in [-0.39, 0.29) is 5.91 Å². The molecular weight excluding hydrogens is 366 g/mol. The fourth-order valence-corrected chi connectivity index (χ4v) is 3.75. The molecule has 0 aliphatic heterocycles. The summed E-state index contributed by atoms with van der Waals surface area (Å²) < 4.78 is 16.6. The van der Waals surface area contributed by atoms with Crippen molar-refractivity contribution in [3.63, 3.8) is 0 Å². The number of benzene rings is 2. The van der Waals surface area contributed by atoms with Crippen molar-refractivity contribution in [2.24, 2.45) is 0 Å². The quantitative estimate of drug-likeness (QED) is 0.692. The van der Waals surface area contributed by atoms with Crippen LogP contribution in [-0.2, 0) is 24.1 Å². The summed E-state index contributed by atoms with van der Waals surface area (Å²) in [5, 5.41) is 2.99. The predicted molar refractivity (Wildman–Crippen MR) is 114 cm³/mol. The molecule has 2 aromatic carbocycles. The van der Waals surface area contributed by atoms with Gasteiger partial charge >= 0.3 is 0 Å². The normalized spacial score (nSPS) is 13.9. The highest BCUT2D eigenvalue weighted by atomic mass is 16.5. The van der Waals surface area contributed by atoms with Crippen molar-refractivity contribution >= 4 is 5.91 Å². The van der Waals surface area contributed by atoms with Gasteiger partial charge in [0.1, 0.15) is 5.75 Å². The van der Waals surface area contributed by atoms with Gasteiger partial charge < -0.3 is 19.5 Å². The summed E-state index contributed by atoms with van der Waals surface area (Å²) >= 11 is 0. The van der Waals surface area contributed by atoms with Gasteiger partial charge in [0, 0.05) is 6.54 Å². The van der Waals surface area contributed by atoms with E-state index in [4.69, 9.17) is 14.2 Å². The Labute approximate surface area is 173 Å². The number of carbonyl (C=O) groups excluding carboxylic acids is 1. The molecule has 0 fully saturated rings. The number of ether oxygens (including phenoxy) is 3. The minimum absolute atomic E-state index is 0.0781. The first-order valence-corrected chi connectivity index (χ1v) is 10.4. The molecule has 1 aliphatic carbocycles. The summed E-state index contributed by atoms with van der Waals surface area (Å²) in [6.07, 6.45) is 5.57. The van der Waals surface area contributed by atoms with Crippen molar-refractivity contribution < 1.29 is 19.0 Å². The molecular formula is C24H31NO4. The van der Waals surface area contributed by atoms with Crippen LogP contribution in [0.1, 0.15) is 42.9 Å². The zero-order valence-corrected chi connectivity index (χ0v) is 17.6. The number of hydrogen-bond donors (Lipinski definition) is 1. The third kappa shape index (κ3) is 5.43. The Balaban J connectivity index is 1.53. The topological polar surface area (TPSA) is 56.8 Å². The van der Waals surface area contributed by atoms with Crippen molar-refractivity contribution in [1.82, 2.24) is 5.32 Å². The number of hydrogen-bond acceptors (Lipinski definition) is 4. The summed E-state index contributed by atoms with van der Waals surface area (Å²) in [6.45, 7) is 2.51. The maximum Gasteiger partial charge on any atom is 0.261 e. The first-order valence-electron chi connectivity index (χ1n) is 10.4. The fraction of sp³-hybridized carbons (Fsp3) is 0.458. The van der Waals surface area contributed by atoms with Crippen LogP contribution in [0.3, 0.4) is 0 Å². The zero-order chi connectivity index (χ0) is 20.6. The first kappa shape index (κ1) is 21.0. The zero-order valence-electron chi connectivity index (χ0n) is 17.6. The van der Waals surface area contributed by atoms with Crippen molar-refractivity contribution in [3.8, 4) is 17.2 Å². The maximum atomic E-state index is 12.6. The van der Waals surface area contributed by atoms with Gasteiger partial charge in [0.2, 0.25) is 0 Å². The summed E-state index contributed by atoms with van der Waals surface area (Å²) in [7, 11) is 3.23. The van der Waals surface area contributed by atoms with Crippen LogP contribution >= 0.6 is 0 Å². The van der Waals surface area contributed by atoms with Crippen molar-refractivity contribution in [2.45, 2.75) is 51.6 Å². The van der Waals surface area contributed by atoms with E-state index in [9.17, 15) is 4.79 Å². The van der Waals surface area contributed by atoms with E-state index in [0.717, 1.165) is 24.2 Å².